The lowest BCUT2D eigenvalue weighted by atomic mass is 10.1. The normalized spacial score (nSPS) is 28.1. The van der Waals surface area contributed by atoms with Crippen LogP contribution in [0.5, 0.6) is 0 Å². The van der Waals surface area contributed by atoms with Crippen molar-refractivity contribution < 1.29 is 0 Å². The first kappa shape index (κ1) is 9.69. The third-order valence-electron chi connectivity index (χ3n) is 3.00. The van der Waals surface area contributed by atoms with Crippen LogP contribution in [0.1, 0.15) is 12.5 Å². The molecule has 1 aliphatic heterocycles. The molecule has 0 aliphatic carbocycles. The van der Waals surface area contributed by atoms with E-state index in [1.807, 2.05) is 0 Å². The zero-order chi connectivity index (χ0) is 9.97. The van der Waals surface area contributed by atoms with Gasteiger partial charge >= 0.3 is 0 Å². The molecule has 0 spiro atoms. The highest BCUT2D eigenvalue weighted by Gasteiger charge is 2.25. The fourth-order valence-electron chi connectivity index (χ4n) is 2.07. The molecule has 2 N–H and O–H groups in total. The molecule has 1 aromatic rings. The number of rotatable bonds is 2. The molecule has 0 bridgehead atoms. The average molecular weight is 190 g/mol. The summed E-state index contributed by atoms with van der Waals surface area (Å²) in [6.45, 7) is 5.45. The summed E-state index contributed by atoms with van der Waals surface area (Å²) >= 11 is 0. The van der Waals surface area contributed by atoms with Gasteiger partial charge in [-0.1, -0.05) is 37.3 Å². The van der Waals surface area contributed by atoms with Crippen LogP contribution in [0.4, 0.5) is 0 Å². The monoisotopic (exact) mass is 190 g/mol. The Balaban J connectivity index is 1.94. The zero-order valence-electron chi connectivity index (χ0n) is 8.69. The van der Waals surface area contributed by atoms with Crippen LogP contribution in [0.2, 0.25) is 0 Å². The van der Waals surface area contributed by atoms with Crippen LogP contribution in [-0.4, -0.2) is 24.0 Å². The maximum atomic E-state index is 5.98. The highest BCUT2D eigenvalue weighted by molar-refractivity contribution is 5.14. The van der Waals surface area contributed by atoms with E-state index in [2.05, 4.69) is 42.2 Å². The van der Waals surface area contributed by atoms with Crippen molar-refractivity contribution in [3.05, 3.63) is 35.9 Å². The molecule has 2 atom stereocenters. The third-order valence-corrected chi connectivity index (χ3v) is 3.00. The molecule has 1 fully saturated rings. The molecular weight excluding hydrogens is 172 g/mol. The second-order valence-corrected chi connectivity index (χ2v) is 4.32. The second-order valence-electron chi connectivity index (χ2n) is 4.32. The SMILES string of the molecule is C[C@H]1CN(Cc2ccccc2)C[C@H]1N. The smallest absolute Gasteiger partial charge is 0.0234 e. The fraction of sp³-hybridized carbons (Fsp3) is 0.500. The minimum Gasteiger partial charge on any atom is -0.326 e. The van der Waals surface area contributed by atoms with Gasteiger partial charge < -0.3 is 5.73 Å². The van der Waals surface area contributed by atoms with E-state index in [-0.39, 0.29) is 0 Å². The molecule has 1 aliphatic rings. The van der Waals surface area contributed by atoms with Gasteiger partial charge in [-0.15, -0.1) is 0 Å². The van der Waals surface area contributed by atoms with E-state index in [0.29, 0.717) is 12.0 Å². The second kappa shape index (κ2) is 4.11. The molecule has 2 rings (SSSR count). The van der Waals surface area contributed by atoms with Gasteiger partial charge in [-0.25, -0.2) is 0 Å². The minimum atomic E-state index is 0.360. The van der Waals surface area contributed by atoms with Gasteiger partial charge in [0.15, 0.2) is 0 Å². The van der Waals surface area contributed by atoms with Crippen molar-refractivity contribution in [2.45, 2.75) is 19.5 Å². The van der Waals surface area contributed by atoms with Crippen LogP contribution in [0.15, 0.2) is 30.3 Å². The van der Waals surface area contributed by atoms with Gasteiger partial charge in [0.1, 0.15) is 0 Å². The number of hydrogen-bond acceptors (Lipinski definition) is 2. The van der Waals surface area contributed by atoms with Crippen molar-refractivity contribution in [1.82, 2.24) is 4.90 Å². The molecule has 0 unspecified atom stereocenters. The van der Waals surface area contributed by atoms with E-state index in [4.69, 9.17) is 5.73 Å². The lowest BCUT2D eigenvalue weighted by Gasteiger charge is -2.14. The van der Waals surface area contributed by atoms with Crippen LogP contribution in [0, 0.1) is 5.92 Å². The van der Waals surface area contributed by atoms with E-state index in [0.717, 1.165) is 19.6 Å². The molecule has 1 aromatic carbocycles. The highest BCUT2D eigenvalue weighted by Crippen LogP contribution is 2.16. The van der Waals surface area contributed by atoms with Crippen LogP contribution in [0.3, 0.4) is 0 Å². The summed E-state index contributed by atoms with van der Waals surface area (Å²) in [4.78, 5) is 2.44. The molecule has 1 heterocycles. The molecule has 1 saturated heterocycles. The molecule has 2 nitrogen and oxygen atoms in total. The van der Waals surface area contributed by atoms with E-state index in [9.17, 15) is 0 Å². The summed E-state index contributed by atoms with van der Waals surface area (Å²) in [6, 6.07) is 11.0. The Labute approximate surface area is 85.7 Å². The lowest BCUT2D eigenvalue weighted by Crippen LogP contribution is -2.28. The van der Waals surface area contributed by atoms with Crippen molar-refractivity contribution in [2.24, 2.45) is 11.7 Å². The first-order chi connectivity index (χ1) is 6.75. The summed E-state index contributed by atoms with van der Waals surface area (Å²) in [7, 11) is 0. The predicted octanol–water partition coefficient (Wildman–Crippen LogP) is 1.47. The molecule has 0 aromatic heterocycles. The molecular formula is C12H18N2. The Kier molecular flexibility index (Phi) is 2.85. The molecule has 0 saturated carbocycles. The van der Waals surface area contributed by atoms with Crippen molar-refractivity contribution >= 4 is 0 Å². The number of nitrogens with two attached hydrogens (primary N) is 1. The lowest BCUT2D eigenvalue weighted by molar-refractivity contribution is 0.319. The van der Waals surface area contributed by atoms with Crippen molar-refractivity contribution in [3.63, 3.8) is 0 Å². The van der Waals surface area contributed by atoms with Crippen molar-refractivity contribution in [1.29, 1.82) is 0 Å². The van der Waals surface area contributed by atoms with Gasteiger partial charge in [0.2, 0.25) is 0 Å². The van der Waals surface area contributed by atoms with Gasteiger partial charge in [-0.05, 0) is 11.5 Å². The van der Waals surface area contributed by atoms with E-state index >= 15 is 0 Å². The first-order valence-corrected chi connectivity index (χ1v) is 5.27. The summed E-state index contributed by atoms with van der Waals surface area (Å²) < 4.78 is 0. The number of hydrogen-bond donors (Lipinski definition) is 1. The first-order valence-electron chi connectivity index (χ1n) is 5.27. The van der Waals surface area contributed by atoms with E-state index < -0.39 is 0 Å². The summed E-state index contributed by atoms with van der Waals surface area (Å²) in [5.41, 5.74) is 7.36. The molecule has 76 valence electrons. The topological polar surface area (TPSA) is 29.3 Å². The van der Waals surface area contributed by atoms with Gasteiger partial charge in [0.05, 0.1) is 0 Å². The van der Waals surface area contributed by atoms with E-state index in [1.54, 1.807) is 0 Å². The molecule has 14 heavy (non-hydrogen) atoms. The van der Waals surface area contributed by atoms with Crippen molar-refractivity contribution in [3.8, 4) is 0 Å². The van der Waals surface area contributed by atoms with Gasteiger partial charge in [0.25, 0.3) is 0 Å². The van der Waals surface area contributed by atoms with Crippen LogP contribution in [0.25, 0.3) is 0 Å². The Morgan fingerprint density at radius 3 is 2.57 bits per heavy atom. The predicted molar refractivity (Wildman–Crippen MR) is 58.9 cm³/mol. The Morgan fingerprint density at radius 2 is 2.00 bits per heavy atom. The van der Waals surface area contributed by atoms with Gasteiger partial charge in [-0.3, -0.25) is 4.90 Å². The number of benzene rings is 1. The summed E-state index contributed by atoms with van der Waals surface area (Å²) in [5, 5.41) is 0. The zero-order valence-corrected chi connectivity index (χ0v) is 8.69. The fourth-order valence-corrected chi connectivity index (χ4v) is 2.07. The van der Waals surface area contributed by atoms with Gasteiger partial charge in [-0.2, -0.15) is 0 Å². The molecule has 0 radical (unpaired) electrons. The molecule has 0 amide bonds. The largest absolute Gasteiger partial charge is 0.326 e. The van der Waals surface area contributed by atoms with Crippen molar-refractivity contribution in [2.75, 3.05) is 13.1 Å². The van der Waals surface area contributed by atoms with E-state index in [1.165, 1.54) is 5.56 Å². The average Bonchev–Trinajstić information content (AvgIpc) is 2.47. The Hall–Kier alpha value is -0.860. The maximum Gasteiger partial charge on any atom is 0.0234 e. The highest BCUT2D eigenvalue weighted by atomic mass is 15.2. The third kappa shape index (κ3) is 2.14. The number of nitrogens with zero attached hydrogens (tertiary/aromatic N) is 1. The van der Waals surface area contributed by atoms with Crippen LogP contribution < -0.4 is 5.73 Å². The maximum absolute atomic E-state index is 5.98. The van der Waals surface area contributed by atoms with Crippen LogP contribution in [-0.2, 0) is 6.54 Å². The quantitative estimate of drug-likeness (QED) is 0.765. The Morgan fingerprint density at radius 1 is 1.29 bits per heavy atom. The number of likely N-dealkylation sites (tertiary alicyclic amines) is 1. The molecule has 2 heteroatoms. The standard InChI is InChI=1S/C12H18N2/c1-10-7-14(9-12(10)13)8-11-5-3-2-4-6-11/h2-6,10,12H,7-9,13H2,1H3/t10-,12+/m0/s1. The van der Waals surface area contributed by atoms with Crippen LogP contribution >= 0.6 is 0 Å². The Bertz CT molecular complexity index is 274. The summed E-state index contributed by atoms with van der Waals surface area (Å²) in [6.07, 6.45) is 0. The van der Waals surface area contributed by atoms with Gasteiger partial charge in [0, 0.05) is 25.7 Å². The minimum absolute atomic E-state index is 0.360. The summed E-state index contributed by atoms with van der Waals surface area (Å²) in [5.74, 6) is 0.638.